The Labute approximate surface area is 103 Å². The molecule has 0 saturated carbocycles. The van der Waals surface area contributed by atoms with E-state index in [4.69, 9.17) is 0 Å². The van der Waals surface area contributed by atoms with Crippen LogP contribution in [0.4, 0.5) is 0 Å². The molecule has 0 amide bonds. The van der Waals surface area contributed by atoms with Crippen LogP contribution < -0.4 is 0 Å². The molecule has 0 spiro atoms. The molecular formula is C14H11I. The number of hydrogen-bond donors (Lipinski definition) is 0. The van der Waals surface area contributed by atoms with E-state index in [9.17, 15) is 0 Å². The summed E-state index contributed by atoms with van der Waals surface area (Å²) in [6, 6.07) is 15.5. The number of fused-ring (bicyclic) bond motifs is 3. The van der Waals surface area contributed by atoms with E-state index in [0.29, 0.717) is 0 Å². The zero-order valence-corrected chi connectivity index (χ0v) is 10.5. The predicted octanol–water partition coefficient (Wildman–Crippen LogP) is 4.06. The lowest BCUT2D eigenvalue weighted by Gasteiger charge is -2.19. The second-order valence-corrected chi connectivity index (χ2v) is 5.20. The van der Waals surface area contributed by atoms with Crippen molar-refractivity contribution in [3.8, 4) is 11.1 Å². The van der Waals surface area contributed by atoms with Gasteiger partial charge in [0.05, 0.1) is 0 Å². The molecule has 0 nitrogen and oxygen atoms in total. The molecule has 2 aromatic rings. The van der Waals surface area contributed by atoms with Crippen molar-refractivity contribution in [1.29, 1.82) is 0 Å². The Kier molecular flexibility index (Phi) is 2.28. The van der Waals surface area contributed by atoms with Crippen LogP contribution in [0.3, 0.4) is 0 Å². The van der Waals surface area contributed by atoms with Crippen molar-refractivity contribution in [2.45, 2.75) is 12.8 Å². The molecule has 1 aliphatic carbocycles. The largest absolute Gasteiger partial charge is 0.0620 e. The van der Waals surface area contributed by atoms with E-state index in [-0.39, 0.29) is 0 Å². The minimum Gasteiger partial charge on any atom is -0.0620 e. The first kappa shape index (κ1) is 9.40. The van der Waals surface area contributed by atoms with E-state index < -0.39 is 0 Å². The molecule has 74 valence electrons. The van der Waals surface area contributed by atoms with Crippen LogP contribution in [0.5, 0.6) is 0 Å². The molecule has 1 aliphatic rings. The lowest BCUT2D eigenvalue weighted by atomic mass is 9.86. The monoisotopic (exact) mass is 306 g/mol. The second-order valence-electron chi connectivity index (χ2n) is 3.96. The van der Waals surface area contributed by atoms with Gasteiger partial charge in [0.25, 0.3) is 0 Å². The summed E-state index contributed by atoms with van der Waals surface area (Å²) in [6.45, 7) is 0. The maximum Gasteiger partial charge on any atom is 0.0133 e. The quantitative estimate of drug-likeness (QED) is 0.644. The standard InChI is InChI=1S/C14H11I/c15-12-7-8-14-11(9-12)6-5-10-3-1-2-4-13(10)14/h1-4,7-9H,5-6H2. The average molecular weight is 306 g/mol. The van der Waals surface area contributed by atoms with E-state index in [1.807, 2.05) is 0 Å². The first-order chi connectivity index (χ1) is 7.34. The Balaban J connectivity index is 2.26. The van der Waals surface area contributed by atoms with Gasteiger partial charge in [0.2, 0.25) is 0 Å². The van der Waals surface area contributed by atoms with Gasteiger partial charge in [0.15, 0.2) is 0 Å². The molecule has 0 saturated heterocycles. The van der Waals surface area contributed by atoms with Crippen molar-refractivity contribution in [2.75, 3.05) is 0 Å². The number of benzene rings is 2. The predicted molar refractivity (Wildman–Crippen MR) is 72.0 cm³/mol. The van der Waals surface area contributed by atoms with Crippen LogP contribution in [-0.2, 0) is 12.8 Å². The Morgan fingerprint density at radius 2 is 1.53 bits per heavy atom. The Hall–Kier alpha value is -0.830. The highest BCUT2D eigenvalue weighted by Crippen LogP contribution is 2.33. The van der Waals surface area contributed by atoms with Gasteiger partial charge in [-0.25, -0.2) is 0 Å². The fraction of sp³-hybridized carbons (Fsp3) is 0.143. The van der Waals surface area contributed by atoms with E-state index in [1.165, 1.54) is 38.7 Å². The van der Waals surface area contributed by atoms with Gasteiger partial charge in [-0.05, 0) is 69.8 Å². The smallest absolute Gasteiger partial charge is 0.0133 e. The van der Waals surface area contributed by atoms with Gasteiger partial charge in [-0.2, -0.15) is 0 Å². The first-order valence-electron chi connectivity index (χ1n) is 5.21. The van der Waals surface area contributed by atoms with Gasteiger partial charge >= 0.3 is 0 Å². The molecule has 1 heteroatoms. The van der Waals surface area contributed by atoms with Crippen molar-refractivity contribution >= 4 is 22.6 Å². The van der Waals surface area contributed by atoms with Crippen LogP contribution in [0, 0.1) is 3.57 Å². The maximum atomic E-state index is 2.39. The molecule has 3 rings (SSSR count). The molecule has 0 atom stereocenters. The zero-order valence-electron chi connectivity index (χ0n) is 8.33. The van der Waals surface area contributed by atoms with Gasteiger partial charge in [0, 0.05) is 3.57 Å². The molecular weight excluding hydrogens is 295 g/mol. The number of aryl methyl sites for hydroxylation is 2. The fourth-order valence-corrected chi connectivity index (χ4v) is 2.86. The average Bonchev–Trinajstić information content (AvgIpc) is 2.28. The highest BCUT2D eigenvalue weighted by Gasteiger charge is 2.14. The normalized spacial score (nSPS) is 13.1. The SMILES string of the molecule is Ic1ccc2c(c1)CCc1ccccc1-2. The van der Waals surface area contributed by atoms with Crippen molar-refractivity contribution in [3.05, 3.63) is 57.2 Å². The van der Waals surface area contributed by atoms with Crippen LogP contribution in [0.25, 0.3) is 11.1 Å². The van der Waals surface area contributed by atoms with E-state index in [2.05, 4.69) is 65.1 Å². The van der Waals surface area contributed by atoms with E-state index in [0.717, 1.165) is 0 Å². The minimum atomic E-state index is 1.18. The van der Waals surface area contributed by atoms with Crippen molar-refractivity contribution < 1.29 is 0 Å². The van der Waals surface area contributed by atoms with Crippen LogP contribution >= 0.6 is 22.6 Å². The molecule has 0 aromatic heterocycles. The summed E-state index contributed by atoms with van der Waals surface area (Å²) in [7, 11) is 0. The van der Waals surface area contributed by atoms with Crippen LogP contribution in [-0.4, -0.2) is 0 Å². The summed E-state index contributed by atoms with van der Waals surface area (Å²) in [4.78, 5) is 0. The summed E-state index contributed by atoms with van der Waals surface area (Å²) in [5.74, 6) is 0. The van der Waals surface area contributed by atoms with Crippen molar-refractivity contribution in [3.63, 3.8) is 0 Å². The molecule has 0 unspecified atom stereocenters. The summed E-state index contributed by atoms with van der Waals surface area (Å²) in [5, 5.41) is 0. The Morgan fingerprint density at radius 1 is 0.800 bits per heavy atom. The van der Waals surface area contributed by atoms with Crippen LogP contribution in [0.1, 0.15) is 11.1 Å². The fourth-order valence-electron chi connectivity index (χ4n) is 2.30. The lowest BCUT2D eigenvalue weighted by Crippen LogP contribution is -2.03. The van der Waals surface area contributed by atoms with Crippen molar-refractivity contribution in [1.82, 2.24) is 0 Å². The molecule has 2 aromatic carbocycles. The van der Waals surface area contributed by atoms with Crippen molar-refractivity contribution in [2.24, 2.45) is 0 Å². The molecule has 0 aliphatic heterocycles. The highest BCUT2D eigenvalue weighted by molar-refractivity contribution is 14.1. The van der Waals surface area contributed by atoms with Gasteiger partial charge in [-0.15, -0.1) is 0 Å². The van der Waals surface area contributed by atoms with Gasteiger partial charge in [0.1, 0.15) is 0 Å². The molecule has 0 N–H and O–H groups in total. The third-order valence-electron chi connectivity index (χ3n) is 3.04. The van der Waals surface area contributed by atoms with Crippen LogP contribution in [0.15, 0.2) is 42.5 Å². The summed E-state index contributed by atoms with van der Waals surface area (Å²) in [5.41, 5.74) is 5.85. The second kappa shape index (κ2) is 3.63. The summed E-state index contributed by atoms with van der Waals surface area (Å²) < 4.78 is 1.34. The van der Waals surface area contributed by atoms with Crippen LogP contribution in [0.2, 0.25) is 0 Å². The molecule has 0 fully saturated rings. The third kappa shape index (κ3) is 1.59. The molecule has 0 heterocycles. The van der Waals surface area contributed by atoms with Gasteiger partial charge in [-0.3, -0.25) is 0 Å². The lowest BCUT2D eigenvalue weighted by molar-refractivity contribution is 0.941. The zero-order chi connectivity index (χ0) is 10.3. The highest BCUT2D eigenvalue weighted by atomic mass is 127. The Morgan fingerprint density at radius 3 is 2.47 bits per heavy atom. The molecule has 0 radical (unpaired) electrons. The summed E-state index contributed by atoms with van der Waals surface area (Å²) >= 11 is 2.39. The number of hydrogen-bond acceptors (Lipinski definition) is 0. The number of halogens is 1. The maximum absolute atomic E-state index is 2.39. The van der Waals surface area contributed by atoms with Gasteiger partial charge in [-0.1, -0.05) is 30.3 Å². The topological polar surface area (TPSA) is 0 Å². The first-order valence-corrected chi connectivity index (χ1v) is 6.29. The van der Waals surface area contributed by atoms with E-state index >= 15 is 0 Å². The molecule has 15 heavy (non-hydrogen) atoms. The minimum absolute atomic E-state index is 1.18. The van der Waals surface area contributed by atoms with Gasteiger partial charge < -0.3 is 0 Å². The van der Waals surface area contributed by atoms with E-state index in [1.54, 1.807) is 0 Å². The third-order valence-corrected chi connectivity index (χ3v) is 3.71. The Bertz CT molecular complexity index is 514. The molecule has 0 bridgehead atoms. The summed E-state index contributed by atoms with van der Waals surface area (Å²) in [6.07, 6.45) is 2.37. The number of rotatable bonds is 0.